The molecule has 1 aliphatic rings. The minimum Gasteiger partial charge on any atom is -0.396 e. The molecule has 3 rings (SSSR count). The van der Waals surface area contributed by atoms with E-state index >= 15 is 0 Å². The molecule has 0 unspecified atom stereocenters. The summed E-state index contributed by atoms with van der Waals surface area (Å²) in [5.74, 6) is 0.956. The highest BCUT2D eigenvalue weighted by Crippen LogP contribution is 2.43. The van der Waals surface area contributed by atoms with E-state index in [2.05, 4.69) is 28.2 Å². The summed E-state index contributed by atoms with van der Waals surface area (Å²) in [6, 6.07) is 6.38. The second kappa shape index (κ2) is 3.84. The molecule has 0 amide bonds. The number of hydrogen-bond donors (Lipinski definition) is 2. The molecular weight excluding hydrogens is 212 g/mol. The number of rotatable bonds is 3. The molecule has 0 saturated heterocycles. The number of aliphatic hydroxyl groups excluding tert-OH is 1. The number of aryl methyl sites for hydroxylation is 1. The summed E-state index contributed by atoms with van der Waals surface area (Å²) in [5.41, 5.74) is 3.59. The van der Waals surface area contributed by atoms with Crippen molar-refractivity contribution < 1.29 is 5.11 Å². The molecule has 0 radical (unpaired) electrons. The van der Waals surface area contributed by atoms with Gasteiger partial charge in [-0.2, -0.15) is 0 Å². The normalized spacial score (nSPS) is 18.2. The van der Waals surface area contributed by atoms with Crippen molar-refractivity contribution in [1.82, 2.24) is 9.97 Å². The molecule has 3 nitrogen and oxygen atoms in total. The Labute approximate surface area is 101 Å². The van der Waals surface area contributed by atoms with E-state index in [1.165, 1.54) is 12.0 Å². The van der Waals surface area contributed by atoms with Gasteiger partial charge < -0.3 is 10.1 Å². The molecule has 1 fully saturated rings. The second-order valence-electron chi connectivity index (χ2n) is 5.36. The number of aromatic amines is 1. The van der Waals surface area contributed by atoms with Gasteiger partial charge in [0, 0.05) is 6.61 Å². The van der Waals surface area contributed by atoms with Gasteiger partial charge in [-0.05, 0) is 49.3 Å². The fourth-order valence-corrected chi connectivity index (χ4v) is 2.79. The van der Waals surface area contributed by atoms with Crippen molar-refractivity contribution in [2.45, 2.75) is 32.6 Å². The van der Waals surface area contributed by atoms with Crippen LogP contribution in [0.4, 0.5) is 0 Å². The number of nitrogens with zero attached hydrogens (tertiary/aromatic N) is 1. The molecule has 1 aromatic carbocycles. The lowest BCUT2D eigenvalue weighted by atomic mass is 9.66. The summed E-state index contributed by atoms with van der Waals surface area (Å²) in [4.78, 5) is 7.67. The van der Waals surface area contributed by atoms with E-state index < -0.39 is 0 Å². The Kier molecular flexibility index (Phi) is 2.44. The van der Waals surface area contributed by atoms with Crippen molar-refractivity contribution in [3.05, 3.63) is 29.6 Å². The maximum Gasteiger partial charge on any atom is 0.104 e. The van der Waals surface area contributed by atoms with Gasteiger partial charge in [0.15, 0.2) is 0 Å². The molecule has 0 atom stereocenters. The van der Waals surface area contributed by atoms with Crippen LogP contribution >= 0.6 is 0 Å². The second-order valence-corrected chi connectivity index (χ2v) is 5.36. The van der Waals surface area contributed by atoms with Gasteiger partial charge in [-0.15, -0.1) is 0 Å². The predicted octanol–water partition coefficient (Wildman–Crippen LogP) is 2.58. The van der Waals surface area contributed by atoms with Crippen LogP contribution in [0.1, 0.15) is 30.7 Å². The molecule has 0 bridgehead atoms. The first kappa shape index (κ1) is 10.8. The SMILES string of the molecule is Cc1nc2ccc(CC3(CO)CCC3)cc2[nH]1. The van der Waals surface area contributed by atoms with E-state index in [0.717, 1.165) is 36.1 Å². The van der Waals surface area contributed by atoms with Crippen molar-refractivity contribution in [2.75, 3.05) is 6.61 Å². The van der Waals surface area contributed by atoms with Gasteiger partial charge >= 0.3 is 0 Å². The van der Waals surface area contributed by atoms with E-state index in [4.69, 9.17) is 0 Å². The third-order valence-corrected chi connectivity index (χ3v) is 3.99. The molecule has 1 heterocycles. The zero-order valence-corrected chi connectivity index (χ0v) is 10.2. The summed E-state index contributed by atoms with van der Waals surface area (Å²) >= 11 is 0. The Morgan fingerprint density at radius 1 is 1.41 bits per heavy atom. The molecule has 1 aromatic heterocycles. The van der Waals surface area contributed by atoms with E-state index in [9.17, 15) is 5.11 Å². The number of nitrogens with one attached hydrogen (secondary N) is 1. The fourth-order valence-electron chi connectivity index (χ4n) is 2.79. The van der Waals surface area contributed by atoms with Crippen molar-refractivity contribution in [3.63, 3.8) is 0 Å². The molecule has 1 aliphatic carbocycles. The first-order valence-electron chi connectivity index (χ1n) is 6.27. The number of fused-ring (bicyclic) bond motifs is 1. The highest BCUT2D eigenvalue weighted by Gasteiger charge is 2.36. The first-order chi connectivity index (χ1) is 8.21. The Bertz CT molecular complexity index is 535. The molecule has 17 heavy (non-hydrogen) atoms. The Morgan fingerprint density at radius 2 is 2.24 bits per heavy atom. The van der Waals surface area contributed by atoms with E-state index in [1.54, 1.807) is 0 Å². The van der Waals surface area contributed by atoms with Gasteiger partial charge in [-0.25, -0.2) is 4.98 Å². The Balaban J connectivity index is 1.90. The zero-order chi connectivity index (χ0) is 11.9. The lowest BCUT2D eigenvalue weighted by Crippen LogP contribution is -2.35. The first-order valence-corrected chi connectivity index (χ1v) is 6.27. The van der Waals surface area contributed by atoms with Crippen LogP contribution in [-0.4, -0.2) is 21.7 Å². The van der Waals surface area contributed by atoms with E-state index in [0.29, 0.717) is 6.61 Å². The minimum atomic E-state index is 0.155. The lowest BCUT2D eigenvalue weighted by molar-refractivity contribution is 0.0450. The molecule has 0 aliphatic heterocycles. The van der Waals surface area contributed by atoms with Crippen molar-refractivity contribution in [2.24, 2.45) is 5.41 Å². The molecular formula is C14H18N2O. The van der Waals surface area contributed by atoms with Crippen molar-refractivity contribution >= 4 is 11.0 Å². The van der Waals surface area contributed by atoms with Gasteiger partial charge in [0.1, 0.15) is 5.82 Å². The predicted molar refractivity (Wildman–Crippen MR) is 67.9 cm³/mol. The standard InChI is InChI=1S/C14H18N2O/c1-10-15-12-4-3-11(7-13(12)16-10)8-14(9-17)5-2-6-14/h3-4,7,17H,2,5-6,8-9H2,1H3,(H,15,16). The summed E-state index contributed by atoms with van der Waals surface area (Å²) in [5, 5.41) is 9.50. The number of benzene rings is 1. The van der Waals surface area contributed by atoms with Crippen molar-refractivity contribution in [3.8, 4) is 0 Å². The van der Waals surface area contributed by atoms with E-state index in [1.807, 2.05) is 6.92 Å². The molecule has 2 N–H and O–H groups in total. The van der Waals surface area contributed by atoms with Crippen LogP contribution in [0.5, 0.6) is 0 Å². The van der Waals surface area contributed by atoms with Gasteiger partial charge in [0.2, 0.25) is 0 Å². The molecule has 0 spiro atoms. The highest BCUT2D eigenvalue weighted by molar-refractivity contribution is 5.75. The number of aromatic nitrogens is 2. The Morgan fingerprint density at radius 3 is 2.88 bits per heavy atom. The van der Waals surface area contributed by atoms with Crippen LogP contribution < -0.4 is 0 Å². The maximum atomic E-state index is 9.50. The summed E-state index contributed by atoms with van der Waals surface area (Å²) in [6.07, 6.45) is 4.55. The molecule has 3 heteroatoms. The van der Waals surface area contributed by atoms with Crippen LogP contribution in [0, 0.1) is 12.3 Å². The molecule has 90 valence electrons. The smallest absolute Gasteiger partial charge is 0.104 e. The fraction of sp³-hybridized carbons (Fsp3) is 0.500. The van der Waals surface area contributed by atoms with E-state index in [-0.39, 0.29) is 5.41 Å². The van der Waals surface area contributed by atoms with Gasteiger partial charge in [0.05, 0.1) is 11.0 Å². The van der Waals surface area contributed by atoms with Crippen LogP contribution in [0.15, 0.2) is 18.2 Å². The number of H-pyrrole nitrogens is 1. The highest BCUT2D eigenvalue weighted by atomic mass is 16.3. The van der Waals surface area contributed by atoms with Gasteiger partial charge in [0.25, 0.3) is 0 Å². The third-order valence-electron chi connectivity index (χ3n) is 3.99. The topological polar surface area (TPSA) is 48.9 Å². The van der Waals surface area contributed by atoms with Crippen molar-refractivity contribution in [1.29, 1.82) is 0 Å². The summed E-state index contributed by atoms with van der Waals surface area (Å²) < 4.78 is 0. The van der Waals surface area contributed by atoms with Crippen LogP contribution in [0.3, 0.4) is 0 Å². The maximum absolute atomic E-state index is 9.50. The number of imidazole rings is 1. The number of aliphatic hydroxyl groups is 1. The third kappa shape index (κ3) is 1.84. The lowest BCUT2D eigenvalue weighted by Gasteiger charge is -2.40. The monoisotopic (exact) mass is 230 g/mol. The summed E-state index contributed by atoms with van der Waals surface area (Å²) in [7, 11) is 0. The number of hydrogen-bond acceptors (Lipinski definition) is 2. The van der Waals surface area contributed by atoms with Crippen LogP contribution in [0.25, 0.3) is 11.0 Å². The molecule has 1 saturated carbocycles. The quantitative estimate of drug-likeness (QED) is 0.851. The summed E-state index contributed by atoms with van der Waals surface area (Å²) in [6.45, 7) is 2.29. The average molecular weight is 230 g/mol. The van der Waals surface area contributed by atoms with Gasteiger partial charge in [-0.3, -0.25) is 0 Å². The average Bonchev–Trinajstić information content (AvgIpc) is 2.63. The van der Waals surface area contributed by atoms with Gasteiger partial charge in [-0.1, -0.05) is 12.5 Å². The Hall–Kier alpha value is -1.35. The largest absolute Gasteiger partial charge is 0.396 e. The van der Waals surface area contributed by atoms with Crippen LogP contribution in [0.2, 0.25) is 0 Å². The van der Waals surface area contributed by atoms with Crippen LogP contribution in [-0.2, 0) is 6.42 Å². The minimum absolute atomic E-state index is 0.155. The molecule has 2 aromatic rings. The zero-order valence-electron chi connectivity index (χ0n) is 10.2.